The van der Waals surface area contributed by atoms with E-state index in [4.69, 9.17) is 0 Å². The van der Waals surface area contributed by atoms with Gasteiger partial charge in [0.1, 0.15) is 0 Å². The lowest BCUT2D eigenvalue weighted by atomic mass is 9.89. The van der Waals surface area contributed by atoms with Gasteiger partial charge in [-0.25, -0.2) is 0 Å². The number of para-hydroxylation sites is 8. The third-order valence-corrected chi connectivity index (χ3v) is 31.7. The molecular formula is C140H100N8. The van der Waals surface area contributed by atoms with Gasteiger partial charge in [0, 0.05) is 154 Å². The van der Waals surface area contributed by atoms with Crippen LogP contribution < -0.4 is 19.6 Å². The van der Waals surface area contributed by atoms with Crippen molar-refractivity contribution in [2.45, 2.75) is 55.4 Å². The van der Waals surface area contributed by atoms with Crippen molar-refractivity contribution in [3.63, 3.8) is 0 Å². The van der Waals surface area contributed by atoms with Crippen molar-refractivity contribution in [2.75, 3.05) is 19.6 Å². The highest BCUT2D eigenvalue weighted by atomic mass is 15.2. The number of benzene rings is 22. The normalized spacial score (nSPS) is 12.1. The third kappa shape index (κ3) is 12.7. The van der Waals surface area contributed by atoms with E-state index in [1.165, 1.54) is 241 Å². The molecule has 0 saturated carbocycles. The van der Waals surface area contributed by atoms with E-state index in [-0.39, 0.29) is 0 Å². The summed E-state index contributed by atoms with van der Waals surface area (Å²) in [5.74, 6) is 0. The molecule has 8 aromatic heterocycles. The summed E-state index contributed by atoms with van der Waals surface area (Å²) in [5.41, 5.74) is 48.1. The molecule has 0 saturated heterocycles. The summed E-state index contributed by atoms with van der Waals surface area (Å²) >= 11 is 0. The SMILES string of the molecule is Cc1cc(C)cc(N(c2ccccc2)c2cccc3c2c2cccc4c5c(-c6ccccc6)c6c(c(-c7ccccc7)c5n3c24)c2cccc3c4c(N(c5ccccc5)c5cc(C)cc(C)c5)cccc4n6c32)c1.Cc1ccc(N(c2ccccc2)c2cccc3c2c2cccc4c5c(-c6ccccc6)c6c(c(-c7ccccc7)c5n3c24)c2cccc3c4c(N(c5ccccc5)c5ccc(C)c(C)c5)cccc4n6c32)cc1C. The molecule has 0 unspecified atom stereocenters. The highest BCUT2D eigenvalue weighted by Gasteiger charge is 2.37. The summed E-state index contributed by atoms with van der Waals surface area (Å²) in [5, 5.41) is 19.9. The predicted molar refractivity (Wildman–Crippen MR) is 630 cm³/mol. The van der Waals surface area contributed by atoms with Crippen LogP contribution in [0, 0.1) is 55.4 Å². The Balaban J connectivity index is 0.000000140. The number of nitrogens with zero attached hydrogens (tertiary/aromatic N) is 8. The molecule has 8 heterocycles. The van der Waals surface area contributed by atoms with Gasteiger partial charge in [0.05, 0.1) is 88.9 Å². The summed E-state index contributed by atoms with van der Waals surface area (Å²) in [7, 11) is 0. The lowest BCUT2D eigenvalue weighted by Gasteiger charge is -2.27. The first-order chi connectivity index (χ1) is 72.8. The molecule has 0 aliphatic carbocycles. The first-order valence-electron chi connectivity index (χ1n) is 51.5. The number of aryl methyl sites for hydroxylation is 8. The highest BCUT2D eigenvalue weighted by molar-refractivity contribution is 6.42. The Labute approximate surface area is 857 Å². The van der Waals surface area contributed by atoms with Crippen LogP contribution >= 0.6 is 0 Å². The second kappa shape index (κ2) is 33.4. The Morgan fingerprint density at radius 2 is 0.345 bits per heavy atom. The van der Waals surface area contributed by atoms with Crippen molar-refractivity contribution in [3.05, 3.63) is 506 Å². The molecule has 0 atom stereocenters. The molecule has 22 aromatic carbocycles. The van der Waals surface area contributed by atoms with Crippen LogP contribution in [0.15, 0.2) is 461 Å². The van der Waals surface area contributed by atoms with Crippen LogP contribution in [0.5, 0.6) is 0 Å². The summed E-state index contributed by atoms with van der Waals surface area (Å²) in [4.78, 5) is 9.83. The van der Waals surface area contributed by atoms with Gasteiger partial charge < -0.3 is 37.2 Å². The maximum absolute atomic E-state index is 2.63. The van der Waals surface area contributed by atoms with E-state index in [0.29, 0.717) is 0 Å². The number of aromatic nitrogens is 4. The van der Waals surface area contributed by atoms with Crippen LogP contribution in [0.4, 0.5) is 68.2 Å². The molecule has 0 bridgehead atoms. The molecule has 0 spiro atoms. The van der Waals surface area contributed by atoms with Crippen LogP contribution in [0.25, 0.3) is 197 Å². The van der Waals surface area contributed by atoms with Gasteiger partial charge in [-0.05, 0) is 268 Å². The number of anilines is 12. The summed E-state index contributed by atoms with van der Waals surface area (Å²) < 4.78 is 10.5. The van der Waals surface area contributed by atoms with Crippen LogP contribution in [-0.2, 0) is 0 Å². The van der Waals surface area contributed by atoms with E-state index >= 15 is 0 Å². The fourth-order valence-corrected chi connectivity index (χ4v) is 25.7. The lowest BCUT2D eigenvalue weighted by Crippen LogP contribution is -2.10. The number of hydrogen-bond acceptors (Lipinski definition) is 4. The Morgan fingerprint density at radius 1 is 0.142 bits per heavy atom. The summed E-state index contributed by atoms with van der Waals surface area (Å²) in [6.07, 6.45) is 0. The standard InChI is InChI=1S/2C70H50N4/c1-43-37-44(2)40-51(39-43)71(49-25-13-7-14-26-49)57-33-19-35-59-63(57)53-29-17-31-55-65-62(48-23-11-6-12-24-48)70-66(61(47-21-9-5-10-22-47)69(65)73(59)67(53)55)56-32-18-30-54-64-58(34-20-36-60(64)74(70)68(54)56)72(50-27-15-8-16-28-50)52-41-45(3)38-46(4)42-52;1-43-37-39-51(41-45(43)3)71(49-25-13-7-14-26-49)57-33-19-35-59-63(57)53-29-17-31-55-65-62(48-23-11-6-12-24-48)70-66(61(47-21-9-5-10-22-47)69(65)73(59)67(53)55)56-32-18-30-54-64-58(34-20-36-60(64)74(70)68(54)56)72(50-27-15-8-16-28-50)52-40-38-44(2)46(4)42-52/h2*5-42H,1-4H3. The zero-order chi connectivity index (χ0) is 98.7. The van der Waals surface area contributed by atoms with E-state index in [2.05, 4.69) is 554 Å². The molecule has 30 aromatic rings. The van der Waals surface area contributed by atoms with E-state index in [1.54, 1.807) is 0 Å². The molecule has 148 heavy (non-hydrogen) atoms. The van der Waals surface area contributed by atoms with Gasteiger partial charge in [-0.15, -0.1) is 0 Å². The molecule has 8 nitrogen and oxygen atoms in total. The van der Waals surface area contributed by atoms with E-state index in [0.717, 1.165) is 68.2 Å². The lowest BCUT2D eigenvalue weighted by molar-refractivity contribution is 1.26. The van der Waals surface area contributed by atoms with Crippen molar-refractivity contribution in [3.8, 4) is 44.5 Å². The van der Waals surface area contributed by atoms with E-state index < -0.39 is 0 Å². The highest BCUT2D eigenvalue weighted by Crippen LogP contribution is 2.61. The van der Waals surface area contributed by atoms with Gasteiger partial charge >= 0.3 is 0 Å². The van der Waals surface area contributed by atoms with Crippen molar-refractivity contribution in [2.24, 2.45) is 0 Å². The number of fused-ring (bicyclic) bond motifs is 24. The van der Waals surface area contributed by atoms with Gasteiger partial charge in [-0.1, -0.05) is 315 Å². The first-order valence-corrected chi connectivity index (χ1v) is 51.5. The fraction of sp³-hybridized carbons (Fsp3) is 0.0571. The number of rotatable bonds is 16. The monoisotopic (exact) mass is 1890 g/mol. The van der Waals surface area contributed by atoms with Gasteiger partial charge in [-0.2, -0.15) is 0 Å². The van der Waals surface area contributed by atoms with Crippen molar-refractivity contribution < 1.29 is 0 Å². The molecule has 0 N–H and O–H groups in total. The first kappa shape index (κ1) is 86.0. The molecule has 30 rings (SSSR count). The Hall–Kier alpha value is -18.8. The Bertz CT molecular complexity index is 9930. The summed E-state index contributed by atoms with van der Waals surface area (Å²) in [6.45, 7) is 17.6. The molecule has 0 fully saturated rings. The minimum absolute atomic E-state index is 1.12. The zero-order valence-electron chi connectivity index (χ0n) is 83.5. The Morgan fingerprint density at radius 3 is 0.568 bits per heavy atom. The maximum atomic E-state index is 2.63. The van der Waals surface area contributed by atoms with Gasteiger partial charge in [0.2, 0.25) is 0 Å². The van der Waals surface area contributed by atoms with E-state index in [9.17, 15) is 0 Å². The average molecular weight is 1890 g/mol. The van der Waals surface area contributed by atoms with E-state index in [1.807, 2.05) is 0 Å². The molecule has 0 aliphatic heterocycles. The molecular weight excluding hydrogens is 1790 g/mol. The quantitative estimate of drug-likeness (QED) is 0.0965. The van der Waals surface area contributed by atoms with Gasteiger partial charge in [0.25, 0.3) is 0 Å². The molecule has 0 amide bonds. The number of hydrogen-bond donors (Lipinski definition) is 0. The van der Waals surface area contributed by atoms with Crippen LogP contribution in [0.2, 0.25) is 0 Å². The predicted octanol–water partition coefficient (Wildman–Crippen LogP) is 39.0. The average Bonchev–Trinajstić information content (AvgIpc) is 1.49. The van der Waals surface area contributed by atoms with Crippen molar-refractivity contribution >= 4 is 221 Å². The molecule has 0 aliphatic rings. The smallest absolute Gasteiger partial charge is 0.0634 e. The van der Waals surface area contributed by atoms with Gasteiger partial charge in [0.15, 0.2) is 0 Å². The second-order valence-corrected chi connectivity index (χ2v) is 40.6. The maximum Gasteiger partial charge on any atom is 0.0634 e. The molecule has 0 radical (unpaired) electrons. The third-order valence-electron chi connectivity index (χ3n) is 31.7. The summed E-state index contributed by atoms with van der Waals surface area (Å²) in [6, 6.07) is 171. The fourth-order valence-electron chi connectivity index (χ4n) is 25.7. The van der Waals surface area contributed by atoms with Crippen LogP contribution in [0.3, 0.4) is 0 Å². The largest absolute Gasteiger partial charge is 0.310 e. The van der Waals surface area contributed by atoms with Crippen LogP contribution in [0.1, 0.15) is 44.5 Å². The second-order valence-electron chi connectivity index (χ2n) is 40.6. The van der Waals surface area contributed by atoms with Crippen molar-refractivity contribution in [1.29, 1.82) is 0 Å². The Kier molecular flexibility index (Phi) is 19.4. The van der Waals surface area contributed by atoms with Crippen LogP contribution in [-0.4, -0.2) is 17.6 Å². The van der Waals surface area contributed by atoms with Crippen molar-refractivity contribution in [1.82, 2.24) is 17.6 Å². The molecule has 8 heteroatoms. The zero-order valence-corrected chi connectivity index (χ0v) is 83.5. The van der Waals surface area contributed by atoms with Gasteiger partial charge in [-0.3, -0.25) is 0 Å². The minimum atomic E-state index is 1.12. The minimum Gasteiger partial charge on any atom is -0.310 e. The molecule has 700 valence electrons. The topological polar surface area (TPSA) is 30.6 Å².